The zero-order valence-electron chi connectivity index (χ0n) is 16.6. The van der Waals surface area contributed by atoms with Crippen LogP contribution >= 0.6 is 0 Å². The van der Waals surface area contributed by atoms with Gasteiger partial charge in [0.25, 0.3) is 0 Å². The van der Waals surface area contributed by atoms with Gasteiger partial charge in [0.1, 0.15) is 5.65 Å². The number of hydrogen-bond donors (Lipinski definition) is 3. The molecule has 28 heavy (non-hydrogen) atoms. The molecule has 0 spiro atoms. The molecule has 4 aromatic rings. The number of aryl methyl sites for hydroxylation is 2. The van der Waals surface area contributed by atoms with Crippen LogP contribution < -0.4 is 10.6 Å². The number of hydrogen-bond acceptors (Lipinski definition) is 2. The second-order valence-corrected chi connectivity index (χ2v) is 7.04. The second kappa shape index (κ2) is 7.76. The minimum atomic E-state index is 0.632. The summed E-state index contributed by atoms with van der Waals surface area (Å²) < 4.78 is 2.10. The van der Waals surface area contributed by atoms with E-state index in [1.807, 2.05) is 12.1 Å². The van der Waals surface area contributed by atoms with Crippen molar-refractivity contribution in [3.8, 4) is 0 Å². The number of fused-ring (bicyclic) bond motifs is 2. The summed E-state index contributed by atoms with van der Waals surface area (Å²) >= 11 is 0. The number of aliphatic imine (C=N–C) groups is 1. The molecule has 1 aromatic carbocycles. The molecule has 0 radical (unpaired) electrons. The van der Waals surface area contributed by atoms with Crippen molar-refractivity contribution in [2.24, 2.45) is 4.99 Å². The van der Waals surface area contributed by atoms with E-state index in [-0.39, 0.29) is 0 Å². The predicted octanol–water partition coefficient (Wildman–Crippen LogP) is 3.34. The van der Waals surface area contributed by atoms with Crippen molar-refractivity contribution >= 4 is 22.5 Å². The summed E-state index contributed by atoms with van der Waals surface area (Å²) in [5.74, 6) is 0.782. The maximum absolute atomic E-state index is 4.66. The second-order valence-electron chi connectivity index (χ2n) is 7.04. The molecule has 0 aliphatic rings. The Morgan fingerprint density at radius 3 is 2.82 bits per heavy atom. The Bertz CT molecular complexity index is 1130. The molecule has 3 heterocycles. The van der Waals surface area contributed by atoms with E-state index in [9.17, 15) is 0 Å². The van der Waals surface area contributed by atoms with Gasteiger partial charge < -0.3 is 20.0 Å². The lowest BCUT2D eigenvalue weighted by molar-refractivity contribution is 0.788. The SMILES string of the molecule is CN=C(NCCc1c[nH]c2c(C)cccc12)NCc1cn2c(C)cccc2n1. The van der Waals surface area contributed by atoms with E-state index in [0.29, 0.717) is 6.54 Å². The van der Waals surface area contributed by atoms with Gasteiger partial charge in [-0.1, -0.05) is 24.3 Å². The number of aromatic nitrogens is 3. The molecule has 3 aromatic heterocycles. The number of benzene rings is 1. The number of nitrogens with one attached hydrogen (secondary N) is 3. The highest BCUT2D eigenvalue weighted by Crippen LogP contribution is 2.21. The van der Waals surface area contributed by atoms with Crippen LogP contribution in [0, 0.1) is 13.8 Å². The maximum atomic E-state index is 4.66. The molecule has 0 fully saturated rings. The fraction of sp³-hybridized carbons (Fsp3) is 0.273. The van der Waals surface area contributed by atoms with Crippen LogP contribution in [0.3, 0.4) is 0 Å². The van der Waals surface area contributed by atoms with E-state index in [4.69, 9.17) is 0 Å². The molecule has 0 bridgehead atoms. The lowest BCUT2D eigenvalue weighted by atomic mass is 10.1. The monoisotopic (exact) mass is 374 g/mol. The molecular formula is C22H26N6. The van der Waals surface area contributed by atoms with Gasteiger partial charge in [-0.25, -0.2) is 4.98 Å². The van der Waals surface area contributed by atoms with Gasteiger partial charge in [-0.15, -0.1) is 0 Å². The summed E-state index contributed by atoms with van der Waals surface area (Å²) in [6.07, 6.45) is 5.10. The molecule has 0 atom stereocenters. The first-order valence-electron chi connectivity index (χ1n) is 9.59. The van der Waals surface area contributed by atoms with Gasteiger partial charge in [-0.2, -0.15) is 0 Å². The number of H-pyrrole nitrogens is 1. The van der Waals surface area contributed by atoms with E-state index >= 15 is 0 Å². The van der Waals surface area contributed by atoms with Gasteiger partial charge in [0, 0.05) is 42.6 Å². The third kappa shape index (κ3) is 3.58. The molecule has 3 N–H and O–H groups in total. The van der Waals surface area contributed by atoms with Gasteiger partial charge in [0.15, 0.2) is 5.96 Å². The van der Waals surface area contributed by atoms with E-state index in [1.165, 1.54) is 27.7 Å². The molecule has 0 unspecified atom stereocenters. The fourth-order valence-corrected chi connectivity index (χ4v) is 3.57. The number of aromatic amines is 1. The Hall–Kier alpha value is -3.28. The number of guanidine groups is 1. The zero-order chi connectivity index (χ0) is 19.5. The average molecular weight is 374 g/mol. The Kier molecular flexibility index (Phi) is 5.02. The van der Waals surface area contributed by atoms with Gasteiger partial charge in [0.2, 0.25) is 0 Å². The molecule has 6 heteroatoms. The highest BCUT2D eigenvalue weighted by molar-refractivity contribution is 5.86. The topological polar surface area (TPSA) is 69.5 Å². The van der Waals surface area contributed by atoms with E-state index in [1.54, 1.807) is 7.05 Å². The Balaban J connectivity index is 1.34. The highest BCUT2D eigenvalue weighted by atomic mass is 15.2. The lowest BCUT2D eigenvalue weighted by Gasteiger charge is -2.10. The van der Waals surface area contributed by atoms with Crippen LogP contribution in [0.15, 0.2) is 53.8 Å². The van der Waals surface area contributed by atoms with E-state index in [0.717, 1.165) is 30.3 Å². The third-order valence-corrected chi connectivity index (χ3v) is 5.10. The van der Waals surface area contributed by atoms with Crippen LogP contribution in [-0.4, -0.2) is 33.9 Å². The fourth-order valence-electron chi connectivity index (χ4n) is 3.57. The molecule has 0 aliphatic heterocycles. The first-order chi connectivity index (χ1) is 13.7. The van der Waals surface area contributed by atoms with Crippen LogP contribution in [0.25, 0.3) is 16.6 Å². The minimum absolute atomic E-state index is 0.632. The van der Waals surface area contributed by atoms with Crippen molar-refractivity contribution in [1.82, 2.24) is 25.0 Å². The number of imidazole rings is 1. The molecule has 0 saturated carbocycles. The molecule has 144 valence electrons. The quantitative estimate of drug-likeness (QED) is 0.371. The minimum Gasteiger partial charge on any atom is -0.361 e. The van der Waals surface area contributed by atoms with E-state index < -0.39 is 0 Å². The van der Waals surface area contributed by atoms with Crippen molar-refractivity contribution in [3.05, 3.63) is 71.3 Å². The number of rotatable bonds is 5. The predicted molar refractivity (Wildman–Crippen MR) is 115 cm³/mol. The van der Waals surface area contributed by atoms with Crippen molar-refractivity contribution in [3.63, 3.8) is 0 Å². The normalized spacial score (nSPS) is 12.0. The summed E-state index contributed by atoms with van der Waals surface area (Å²) in [5.41, 5.74) is 6.95. The first-order valence-corrected chi connectivity index (χ1v) is 9.59. The first kappa shape index (κ1) is 18.1. The Labute approximate surface area is 164 Å². The van der Waals surface area contributed by atoms with Crippen LogP contribution in [0.2, 0.25) is 0 Å². The van der Waals surface area contributed by atoms with E-state index in [2.05, 4.69) is 80.5 Å². The molecule has 4 rings (SSSR count). The van der Waals surface area contributed by atoms with Crippen LogP contribution in [-0.2, 0) is 13.0 Å². The summed E-state index contributed by atoms with van der Waals surface area (Å²) in [6.45, 7) is 5.66. The van der Waals surface area contributed by atoms with Crippen LogP contribution in [0.5, 0.6) is 0 Å². The van der Waals surface area contributed by atoms with Gasteiger partial charge in [0.05, 0.1) is 12.2 Å². The Morgan fingerprint density at radius 1 is 1.14 bits per heavy atom. The summed E-state index contributed by atoms with van der Waals surface area (Å²) in [5, 5.41) is 8.04. The van der Waals surface area contributed by atoms with Crippen molar-refractivity contribution in [2.75, 3.05) is 13.6 Å². The van der Waals surface area contributed by atoms with Crippen LogP contribution in [0.1, 0.15) is 22.5 Å². The Morgan fingerprint density at radius 2 is 2.00 bits per heavy atom. The number of nitrogens with zero attached hydrogens (tertiary/aromatic N) is 3. The van der Waals surface area contributed by atoms with Gasteiger partial charge >= 0.3 is 0 Å². The van der Waals surface area contributed by atoms with Crippen LogP contribution in [0.4, 0.5) is 0 Å². The molecule has 0 aliphatic carbocycles. The maximum Gasteiger partial charge on any atom is 0.191 e. The zero-order valence-corrected chi connectivity index (χ0v) is 16.6. The summed E-state index contributed by atoms with van der Waals surface area (Å²) in [4.78, 5) is 12.4. The molecule has 0 saturated heterocycles. The van der Waals surface area contributed by atoms with Crippen molar-refractivity contribution < 1.29 is 0 Å². The molecule has 0 amide bonds. The summed E-state index contributed by atoms with van der Waals surface area (Å²) in [6, 6.07) is 12.5. The van der Waals surface area contributed by atoms with Gasteiger partial charge in [-0.3, -0.25) is 4.99 Å². The standard InChI is InChI=1S/C22H26N6/c1-15-6-4-8-19-17(12-25-21(15)19)10-11-24-22(23-3)26-13-18-14-28-16(2)7-5-9-20(28)27-18/h4-9,12,14,25H,10-11,13H2,1-3H3,(H2,23,24,26). The van der Waals surface area contributed by atoms with Crippen molar-refractivity contribution in [2.45, 2.75) is 26.8 Å². The smallest absolute Gasteiger partial charge is 0.191 e. The number of para-hydroxylation sites is 1. The number of pyridine rings is 1. The molecular weight excluding hydrogens is 348 g/mol. The van der Waals surface area contributed by atoms with Gasteiger partial charge in [-0.05, 0) is 43.5 Å². The largest absolute Gasteiger partial charge is 0.361 e. The third-order valence-electron chi connectivity index (χ3n) is 5.10. The molecule has 6 nitrogen and oxygen atoms in total. The average Bonchev–Trinajstić information content (AvgIpc) is 3.30. The highest BCUT2D eigenvalue weighted by Gasteiger charge is 2.07. The summed E-state index contributed by atoms with van der Waals surface area (Å²) in [7, 11) is 1.79. The lowest BCUT2D eigenvalue weighted by Crippen LogP contribution is -2.37. The van der Waals surface area contributed by atoms with Crippen molar-refractivity contribution in [1.29, 1.82) is 0 Å².